The number of carboxylic acids is 1. The van der Waals surface area contributed by atoms with E-state index in [-0.39, 0.29) is 17.4 Å². The molecule has 0 spiro atoms. The Hall–Kier alpha value is -2.17. The summed E-state index contributed by atoms with van der Waals surface area (Å²) in [6.45, 7) is 3.93. The predicted octanol–water partition coefficient (Wildman–Crippen LogP) is 3.04. The average Bonchev–Trinajstić information content (AvgIpc) is 2.77. The lowest BCUT2D eigenvalue weighted by Crippen LogP contribution is -1.95. The van der Waals surface area contributed by atoms with Crippen molar-refractivity contribution in [1.82, 2.24) is 10.2 Å². The average molecular weight is 248 g/mol. The van der Waals surface area contributed by atoms with Crippen LogP contribution in [0.2, 0.25) is 0 Å². The standard InChI is InChI=1S/C13H13FN2O2/c1-7(2)8-3-9(5-10(14)4-8)11-6-12(13(17)18)16-15-11/h3-7H,1-2H3,(H,15,16)(H,17,18). The van der Waals surface area contributed by atoms with Gasteiger partial charge >= 0.3 is 5.97 Å². The first kappa shape index (κ1) is 12.3. The summed E-state index contributed by atoms with van der Waals surface area (Å²) in [5.74, 6) is -1.25. The fourth-order valence-corrected chi connectivity index (χ4v) is 1.67. The van der Waals surface area contributed by atoms with Crippen molar-refractivity contribution in [3.8, 4) is 11.3 Å². The molecule has 0 saturated carbocycles. The number of aromatic carboxylic acids is 1. The number of H-pyrrole nitrogens is 1. The highest BCUT2D eigenvalue weighted by Crippen LogP contribution is 2.24. The van der Waals surface area contributed by atoms with Gasteiger partial charge in [-0.1, -0.05) is 13.8 Å². The molecule has 1 aromatic carbocycles. The second-order valence-corrected chi connectivity index (χ2v) is 4.40. The van der Waals surface area contributed by atoms with Crippen LogP contribution >= 0.6 is 0 Å². The molecule has 0 saturated heterocycles. The van der Waals surface area contributed by atoms with Crippen LogP contribution in [0.3, 0.4) is 0 Å². The van der Waals surface area contributed by atoms with Gasteiger partial charge in [-0.25, -0.2) is 9.18 Å². The molecule has 0 atom stereocenters. The summed E-state index contributed by atoms with van der Waals surface area (Å²) in [6.07, 6.45) is 0. The Bertz CT molecular complexity index is 590. The summed E-state index contributed by atoms with van der Waals surface area (Å²) in [5.41, 5.74) is 1.83. The highest BCUT2D eigenvalue weighted by atomic mass is 19.1. The molecule has 0 unspecified atom stereocenters. The zero-order valence-electron chi connectivity index (χ0n) is 10.1. The largest absolute Gasteiger partial charge is 0.477 e. The quantitative estimate of drug-likeness (QED) is 0.877. The molecular weight excluding hydrogens is 235 g/mol. The first-order chi connectivity index (χ1) is 8.47. The lowest BCUT2D eigenvalue weighted by molar-refractivity contribution is 0.0690. The smallest absolute Gasteiger partial charge is 0.353 e. The normalized spacial score (nSPS) is 10.9. The molecule has 0 bridgehead atoms. The van der Waals surface area contributed by atoms with Crippen molar-refractivity contribution < 1.29 is 14.3 Å². The van der Waals surface area contributed by atoms with Crippen LogP contribution in [0.15, 0.2) is 24.3 Å². The Morgan fingerprint density at radius 1 is 1.33 bits per heavy atom. The molecule has 0 aliphatic carbocycles. The van der Waals surface area contributed by atoms with E-state index < -0.39 is 5.97 Å². The zero-order valence-corrected chi connectivity index (χ0v) is 10.1. The van der Waals surface area contributed by atoms with Gasteiger partial charge in [0.05, 0.1) is 5.69 Å². The van der Waals surface area contributed by atoms with Crippen molar-refractivity contribution >= 4 is 5.97 Å². The molecule has 1 heterocycles. The fourth-order valence-electron chi connectivity index (χ4n) is 1.67. The molecule has 18 heavy (non-hydrogen) atoms. The number of nitrogens with zero attached hydrogens (tertiary/aromatic N) is 1. The zero-order chi connectivity index (χ0) is 13.3. The van der Waals surface area contributed by atoms with Crippen LogP contribution in [0.25, 0.3) is 11.3 Å². The lowest BCUT2D eigenvalue weighted by atomic mass is 9.99. The summed E-state index contributed by atoms with van der Waals surface area (Å²) in [5, 5.41) is 15.1. The highest BCUT2D eigenvalue weighted by Gasteiger charge is 2.11. The van der Waals surface area contributed by atoms with Gasteiger partial charge in [-0.2, -0.15) is 5.10 Å². The Labute approximate surface area is 103 Å². The van der Waals surface area contributed by atoms with E-state index in [2.05, 4.69) is 10.2 Å². The summed E-state index contributed by atoms with van der Waals surface area (Å²) in [6, 6.07) is 6.02. The highest BCUT2D eigenvalue weighted by molar-refractivity contribution is 5.86. The number of carboxylic acid groups (broad SMARTS) is 1. The number of aromatic amines is 1. The first-order valence-electron chi connectivity index (χ1n) is 5.57. The van der Waals surface area contributed by atoms with Crippen molar-refractivity contribution in [2.24, 2.45) is 0 Å². The first-order valence-corrected chi connectivity index (χ1v) is 5.57. The van der Waals surface area contributed by atoms with Crippen LogP contribution in [-0.2, 0) is 0 Å². The molecule has 94 valence electrons. The van der Waals surface area contributed by atoms with Crippen molar-refractivity contribution in [2.75, 3.05) is 0 Å². The monoisotopic (exact) mass is 248 g/mol. The number of carbonyl (C=O) groups is 1. The van der Waals surface area contributed by atoms with Crippen molar-refractivity contribution in [3.05, 3.63) is 41.3 Å². The van der Waals surface area contributed by atoms with Crippen molar-refractivity contribution in [3.63, 3.8) is 0 Å². The second kappa shape index (κ2) is 4.60. The molecular formula is C13H13FN2O2. The van der Waals surface area contributed by atoms with Crippen LogP contribution < -0.4 is 0 Å². The lowest BCUT2D eigenvalue weighted by Gasteiger charge is -2.07. The summed E-state index contributed by atoms with van der Waals surface area (Å²) in [7, 11) is 0. The number of hydrogen-bond donors (Lipinski definition) is 2. The van der Waals surface area contributed by atoms with Gasteiger partial charge in [-0.05, 0) is 35.7 Å². The molecule has 2 rings (SSSR count). The van der Waals surface area contributed by atoms with E-state index in [0.717, 1.165) is 5.56 Å². The van der Waals surface area contributed by atoms with E-state index in [1.54, 1.807) is 0 Å². The number of hydrogen-bond acceptors (Lipinski definition) is 2. The summed E-state index contributed by atoms with van der Waals surface area (Å²) >= 11 is 0. The van der Waals surface area contributed by atoms with Crippen LogP contribution in [0.1, 0.15) is 35.8 Å². The number of benzene rings is 1. The third kappa shape index (κ3) is 2.40. The van der Waals surface area contributed by atoms with E-state index in [1.807, 2.05) is 19.9 Å². The minimum Gasteiger partial charge on any atom is -0.477 e. The van der Waals surface area contributed by atoms with Gasteiger partial charge in [0.25, 0.3) is 0 Å². The van der Waals surface area contributed by atoms with E-state index in [1.165, 1.54) is 18.2 Å². The van der Waals surface area contributed by atoms with Crippen LogP contribution in [0, 0.1) is 5.82 Å². The number of halogens is 1. The molecule has 0 aliphatic heterocycles. The van der Waals surface area contributed by atoms with Crippen LogP contribution in [0.5, 0.6) is 0 Å². The third-order valence-corrected chi connectivity index (χ3v) is 2.69. The Balaban J connectivity index is 2.46. The van der Waals surface area contributed by atoms with Gasteiger partial charge in [-0.3, -0.25) is 5.10 Å². The van der Waals surface area contributed by atoms with E-state index in [0.29, 0.717) is 11.3 Å². The Kier molecular flexibility index (Phi) is 3.14. The van der Waals surface area contributed by atoms with E-state index in [4.69, 9.17) is 5.11 Å². The minimum absolute atomic E-state index is 0.0136. The molecule has 2 N–H and O–H groups in total. The topological polar surface area (TPSA) is 66.0 Å². The molecule has 0 fully saturated rings. The maximum Gasteiger partial charge on any atom is 0.353 e. The number of aromatic nitrogens is 2. The molecule has 0 amide bonds. The maximum atomic E-state index is 13.5. The maximum absolute atomic E-state index is 13.5. The molecule has 5 heteroatoms. The van der Waals surface area contributed by atoms with Gasteiger partial charge in [0.15, 0.2) is 0 Å². The number of rotatable bonds is 3. The van der Waals surface area contributed by atoms with Gasteiger partial charge in [0.1, 0.15) is 11.5 Å². The van der Waals surface area contributed by atoms with E-state index >= 15 is 0 Å². The second-order valence-electron chi connectivity index (χ2n) is 4.40. The fraction of sp³-hybridized carbons (Fsp3) is 0.231. The van der Waals surface area contributed by atoms with E-state index in [9.17, 15) is 9.18 Å². The molecule has 2 aromatic rings. The van der Waals surface area contributed by atoms with Crippen LogP contribution in [-0.4, -0.2) is 21.3 Å². The van der Waals surface area contributed by atoms with Crippen molar-refractivity contribution in [1.29, 1.82) is 0 Å². The van der Waals surface area contributed by atoms with Gasteiger partial charge < -0.3 is 5.11 Å². The van der Waals surface area contributed by atoms with Crippen molar-refractivity contribution in [2.45, 2.75) is 19.8 Å². The Morgan fingerprint density at radius 2 is 2.06 bits per heavy atom. The summed E-state index contributed by atoms with van der Waals surface area (Å²) in [4.78, 5) is 10.7. The van der Waals surface area contributed by atoms with Crippen LogP contribution in [0.4, 0.5) is 4.39 Å². The number of nitrogens with one attached hydrogen (secondary N) is 1. The minimum atomic E-state index is -1.09. The van der Waals surface area contributed by atoms with Gasteiger partial charge in [0.2, 0.25) is 0 Å². The molecule has 0 aliphatic rings. The predicted molar refractivity (Wildman–Crippen MR) is 65.0 cm³/mol. The SMILES string of the molecule is CC(C)c1cc(F)cc(-c2cc(C(=O)O)[nH]n2)c1. The molecule has 1 aromatic heterocycles. The molecule has 0 radical (unpaired) electrons. The summed E-state index contributed by atoms with van der Waals surface area (Å²) < 4.78 is 13.5. The van der Waals surface area contributed by atoms with Gasteiger partial charge in [0, 0.05) is 5.56 Å². The Morgan fingerprint density at radius 3 is 2.61 bits per heavy atom. The third-order valence-electron chi connectivity index (χ3n) is 2.69. The molecule has 4 nitrogen and oxygen atoms in total. The van der Waals surface area contributed by atoms with Gasteiger partial charge in [-0.15, -0.1) is 0 Å².